The van der Waals surface area contributed by atoms with Crippen LogP contribution in [0.3, 0.4) is 0 Å². The number of esters is 2. The zero-order valence-corrected chi connectivity index (χ0v) is 34.5. The van der Waals surface area contributed by atoms with Crippen molar-refractivity contribution in [3.63, 3.8) is 0 Å². The molecule has 6 heteroatoms. The lowest BCUT2D eigenvalue weighted by Gasteiger charge is -2.21. The van der Waals surface area contributed by atoms with Gasteiger partial charge in [-0.15, -0.1) is 0 Å². The van der Waals surface area contributed by atoms with E-state index in [9.17, 15) is 9.59 Å². The number of nitrogens with one attached hydrogen (secondary N) is 2. The van der Waals surface area contributed by atoms with E-state index in [-0.39, 0.29) is 11.9 Å². The maximum absolute atomic E-state index is 11.8. The van der Waals surface area contributed by atoms with Crippen LogP contribution >= 0.6 is 0 Å². The zero-order chi connectivity index (χ0) is 40.4. The molecule has 8 rings (SSSR count). The Labute approximate surface area is 344 Å². The lowest BCUT2D eigenvalue weighted by Crippen LogP contribution is -2.29. The molecule has 0 saturated heterocycles. The first-order valence-electron chi connectivity index (χ1n) is 21.3. The second-order valence-electron chi connectivity index (χ2n) is 16.0. The van der Waals surface area contributed by atoms with Crippen LogP contribution in [0.1, 0.15) is 133 Å². The fraction of sp³-hybridized carbons (Fsp3) is 0.346. The highest BCUT2D eigenvalue weighted by Gasteiger charge is 2.29. The molecular weight excluding hydrogens is 717 g/mol. The third-order valence-corrected chi connectivity index (χ3v) is 12.2. The minimum atomic E-state index is -0.242. The molecule has 2 fully saturated rings. The smallest absolute Gasteiger partial charge is 0.338 e. The van der Waals surface area contributed by atoms with Crippen LogP contribution in [-0.2, 0) is 9.47 Å². The van der Waals surface area contributed by atoms with Gasteiger partial charge in [-0.3, -0.25) is 0 Å². The second-order valence-corrected chi connectivity index (χ2v) is 16.0. The summed E-state index contributed by atoms with van der Waals surface area (Å²) in [7, 11) is 0. The topological polar surface area (TPSA) is 76.7 Å². The molecule has 0 aromatic heterocycles. The Bertz CT molecular complexity index is 2110. The Kier molecular flexibility index (Phi) is 13.7. The summed E-state index contributed by atoms with van der Waals surface area (Å²) >= 11 is 0. The first kappa shape index (κ1) is 40.9. The van der Waals surface area contributed by atoms with Crippen molar-refractivity contribution < 1.29 is 19.1 Å². The molecule has 2 N–H and O–H groups in total. The van der Waals surface area contributed by atoms with Gasteiger partial charge in [0.25, 0.3) is 0 Å². The molecular formula is C52H58N2O4. The van der Waals surface area contributed by atoms with Crippen molar-refractivity contribution in [2.75, 3.05) is 13.2 Å². The normalized spacial score (nSPS) is 19.9. The van der Waals surface area contributed by atoms with Gasteiger partial charge in [-0.2, -0.15) is 0 Å². The fourth-order valence-electron chi connectivity index (χ4n) is 9.23. The molecule has 2 aliphatic rings. The number of ether oxygens (including phenoxy) is 2. The number of rotatable bonds is 12. The number of fused-ring (bicyclic) bond motifs is 2. The molecule has 0 amide bonds. The van der Waals surface area contributed by atoms with Crippen LogP contribution in [0.5, 0.6) is 0 Å². The Morgan fingerprint density at radius 1 is 0.517 bits per heavy atom. The van der Waals surface area contributed by atoms with Crippen LogP contribution in [0.4, 0.5) is 0 Å². The third-order valence-electron chi connectivity index (χ3n) is 12.2. The van der Waals surface area contributed by atoms with E-state index in [1.807, 2.05) is 38.1 Å². The molecule has 58 heavy (non-hydrogen) atoms. The van der Waals surface area contributed by atoms with Crippen LogP contribution in [0.15, 0.2) is 133 Å². The van der Waals surface area contributed by atoms with Crippen molar-refractivity contribution in [2.24, 2.45) is 0 Å². The first-order chi connectivity index (χ1) is 28.3. The molecule has 6 atom stereocenters. The molecule has 0 unspecified atom stereocenters. The van der Waals surface area contributed by atoms with E-state index < -0.39 is 0 Å². The van der Waals surface area contributed by atoms with Gasteiger partial charge in [-0.05, 0) is 146 Å². The molecule has 0 aliphatic heterocycles. The van der Waals surface area contributed by atoms with Gasteiger partial charge in [-0.1, -0.05) is 109 Å². The molecule has 6 aromatic carbocycles. The largest absolute Gasteiger partial charge is 0.462 e. The molecule has 6 nitrogen and oxygen atoms in total. The Morgan fingerprint density at radius 2 is 0.897 bits per heavy atom. The predicted octanol–water partition coefficient (Wildman–Crippen LogP) is 12.0. The highest BCUT2D eigenvalue weighted by Crippen LogP contribution is 2.38. The van der Waals surface area contributed by atoms with Gasteiger partial charge in [0.2, 0.25) is 0 Å². The van der Waals surface area contributed by atoms with E-state index in [0.29, 0.717) is 60.3 Å². The molecule has 2 saturated carbocycles. The van der Waals surface area contributed by atoms with Gasteiger partial charge in [0.05, 0.1) is 24.3 Å². The fourth-order valence-corrected chi connectivity index (χ4v) is 9.23. The van der Waals surface area contributed by atoms with Crippen molar-refractivity contribution in [2.45, 2.75) is 102 Å². The van der Waals surface area contributed by atoms with E-state index in [1.165, 1.54) is 69.5 Å². The minimum absolute atomic E-state index is 0.242. The highest BCUT2D eigenvalue weighted by atomic mass is 16.5. The molecule has 2 aliphatic carbocycles. The number of hydrogen-bond acceptors (Lipinski definition) is 6. The molecule has 6 aromatic rings. The van der Waals surface area contributed by atoms with Crippen molar-refractivity contribution >= 4 is 33.5 Å². The van der Waals surface area contributed by atoms with Crippen LogP contribution in [0.25, 0.3) is 21.5 Å². The summed E-state index contributed by atoms with van der Waals surface area (Å²) in [5, 5.41) is 13.0. The van der Waals surface area contributed by atoms with Crippen molar-refractivity contribution in [3.8, 4) is 0 Å². The Morgan fingerprint density at radius 3 is 1.29 bits per heavy atom. The van der Waals surface area contributed by atoms with Crippen LogP contribution in [0.2, 0.25) is 0 Å². The van der Waals surface area contributed by atoms with Gasteiger partial charge in [0.1, 0.15) is 0 Å². The summed E-state index contributed by atoms with van der Waals surface area (Å²) < 4.78 is 10.2. The third kappa shape index (κ3) is 9.86. The van der Waals surface area contributed by atoms with Crippen LogP contribution in [0, 0.1) is 0 Å². The molecule has 0 bridgehead atoms. The number of carbonyl (C=O) groups is 2. The summed E-state index contributed by atoms with van der Waals surface area (Å²) in [5.41, 5.74) is 6.64. The number of carbonyl (C=O) groups excluding carboxylic acids is 2. The maximum atomic E-state index is 11.8. The summed E-state index contributed by atoms with van der Waals surface area (Å²) in [6, 6.07) is 47.9. The Hall–Kier alpha value is -5.30. The summed E-state index contributed by atoms with van der Waals surface area (Å²) in [5.74, 6) is 0.606. The van der Waals surface area contributed by atoms with Gasteiger partial charge in [0.15, 0.2) is 0 Å². The molecule has 0 heterocycles. The Balaban J connectivity index is 0.000000177. The zero-order valence-electron chi connectivity index (χ0n) is 34.5. The second kappa shape index (κ2) is 19.4. The van der Waals surface area contributed by atoms with E-state index >= 15 is 0 Å². The first-order valence-corrected chi connectivity index (χ1v) is 21.3. The van der Waals surface area contributed by atoms with Gasteiger partial charge in [0, 0.05) is 24.2 Å². The highest BCUT2D eigenvalue weighted by molar-refractivity contribution is 5.90. The van der Waals surface area contributed by atoms with Gasteiger partial charge in [-0.25, -0.2) is 9.59 Å². The van der Waals surface area contributed by atoms with E-state index in [4.69, 9.17) is 9.47 Å². The average Bonchev–Trinajstić information content (AvgIpc) is 3.94. The maximum Gasteiger partial charge on any atom is 0.338 e. The van der Waals surface area contributed by atoms with Crippen LogP contribution in [-0.4, -0.2) is 37.2 Å². The minimum Gasteiger partial charge on any atom is -0.462 e. The summed E-state index contributed by atoms with van der Waals surface area (Å²) in [4.78, 5) is 23.7. The predicted molar refractivity (Wildman–Crippen MR) is 237 cm³/mol. The average molecular weight is 775 g/mol. The summed E-state index contributed by atoms with van der Waals surface area (Å²) in [6.45, 7) is 9.01. The van der Waals surface area contributed by atoms with Crippen molar-refractivity contribution in [3.05, 3.63) is 167 Å². The lowest BCUT2D eigenvalue weighted by atomic mass is 9.96. The number of benzene rings is 6. The lowest BCUT2D eigenvalue weighted by molar-refractivity contribution is 0.0516. The summed E-state index contributed by atoms with van der Waals surface area (Å²) in [6.07, 6.45) is 6.98. The van der Waals surface area contributed by atoms with E-state index in [0.717, 1.165) is 12.8 Å². The molecule has 300 valence electrons. The van der Waals surface area contributed by atoms with Gasteiger partial charge >= 0.3 is 11.9 Å². The standard InChI is InChI=1S/2C26H29NO2/c2*1-3-29-26(28)21-13-11-19(12-14-21)22-15-16-23(17-22)27-18(2)24-10-6-8-20-7-4-5-9-25(20)24/h2*4-14,18,22-23,27H,3,15-17H2,1-2H3/t18-,22+,23+;18-,22+,23-/m11/s1. The van der Waals surface area contributed by atoms with Crippen LogP contribution < -0.4 is 10.6 Å². The van der Waals surface area contributed by atoms with Crippen molar-refractivity contribution in [1.82, 2.24) is 10.6 Å². The quantitative estimate of drug-likeness (QED) is 0.121. The van der Waals surface area contributed by atoms with Crippen molar-refractivity contribution in [1.29, 1.82) is 0 Å². The number of hydrogen-bond donors (Lipinski definition) is 2. The molecule has 0 spiro atoms. The molecule has 0 radical (unpaired) electrons. The van der Waals surface area contributed by atoms with E-state index in [1.54, 1.807) is 0 Å². The van der Waals surface area contributed by atoms with E-state index in [2.05, 4.69) is 134 Å². The van der Waals surface area contributed by atoms with Gasteiger partial charge < -0.3 is 20.1 Å². The monoisotopic (exact) mass is 774 g/mol. The SMILES string of the molecule is CCOC(=O)c1ccc([C@H]2CC[C@@H](N[C@H](C)c3cccc4ccccc34)C2)cc1.CCOC(=O)c1ccc([C@H]2CC[C@H](N[C@H](C)c3cccc4ccccc34)C2)cc1.